The first-order valence-corrected chi connectivity index (χ1v) is 5.25. The Morgan fingerprint density at radius 3 is 2.88 bits per heavy atom. The van der Waals surface area contributed by atoms with E-state index in [4.69, 9.17) is 5.11 Å². The van der Waals surface area contributed by atoms with Crippen molar-refractivity contribution in [1.29, 1.82) is 0 Å². The van der Waals surface area contributed by atoms with E-state index in [0.717, 1.165) is 18.8 Å². The Morgan fingerprint density at radius 1 is 1.44 bits per heavy atom. The molecule has 86 valence electrons. The van der Waals surface area contributed by atoms with Gasteiger partial charge in [0, 0.05) is 31.8 Å². The van der Waals surface area contributed by atoms with Crippen LogP contribution < -0.4 is 10.5 Å². The van der Waals surface area contributed by atoms with Gasteiger partial charge in [-0.05, 0) is 12.5 Å². The second kappa shape index (κ2) is 4.00. The highest BCUT2D eigenvalue weighted by Gasteiger charge is 2.19. The van der Waals surface area contributed by atoms with Crippen LogP contribution in [0.2, 0.25) is 0 Å². The van der Waals surface area contributed by atoms with Gasteiger partial charge in [-0.15, -0.1) is 0 Å². The van der Waals surface area contributed by atoms with E-state index in [0.29, 0.717) is 12.1 Å². The largest absolute Gasteiger partial charge is 0.481 e. The number of anilines is 1. The van der Waals surface area contributed by atoms with E-state index < -0.39 is 5.97 Å². The van der Waals surface area contributed by atoms with Gasteiger partial charge in [0.2, 0.25) is 0 Å². The maximum absolute atomic E-state index is 11.6. The molecule has 0 aliphatic carbocycles. The van der Waals surface area contributed by atoms with E-state index in [1.807, 2.05) is 11.9 Å². The number of rotatable bonds is 2. The molecule has 16 heavy (non-hydrogen) atoms. The molecule has 0 saturated carbocycles. The second-order valence-corrected chi connectivity index (χ2v) is 4.02. The highest BCUT2D eigenvalue weighted by atomic mass is 16.4. The number of hydrogen-bond donors (Lipinski definition) is 1. The Kier molecular flexibility index (Phi) is 2.68. The molecule has 0 saturated heterocycles. The van der Waals surface area contributed by atoms with Crippen molar-refractivity contribution in [1.82, 2.24) is 4.57 Å². The molecule has 2 rings (SSSR count). The van der Waals surface area contributed by atoms with E-state index in [-0.39, 0.29) is 12.0 Å². The molecule has 0 aromatic carbocycles. The molecule has 1 aromatic rings. The van der Waals surface area contributed by atoms with Gasteiger partial charge >= 0.3 is 5.97 Å². The molecule has 0 spiro atoms. The molecule has 1 aliphatic rings. The maximum atomic E-state index is 11.6. The van der Waals surface area contributed by atoms with Crippen LogP contribution in [0, 0.1) is 0 Å². The molecule has 0 atom stereocenters. The lowest BCUT2D eigenvalue weighted by Crippen LogP contribution is -2.36. The van der Waals surface area contributed by atoms with Crippen molar-refractivity contribution in [2.45, 2.75) is 19.4 Å². The maximum Gasteiger partial charge on any atom is 0.307 e. The molecule has 1 aliphatic heterocycles. The van der Waals surface area contributed by atoms with Crippen LogP contribution in [-0.2, 0) is 17.8 Å². The lowest BCUT2D eigenvalue weighted by molar-refractivity contribution is -0.136. The van der Waals surface area contributed by atoms with Crippen LogP contribution in [0.15, 0.2) is 16.9 Å². The van der Waals surface area contributed by atoms with Crippen LogP contribution in [0.25, 0.3) is 0 Å². The summed E-state index contributed by atoms with van der Waals surface area (Å²) in [5, 5.41) is 8.82. The van der Waals surface area contributed by atoms with E-state index in [1.54, 1.807) is 10.6 Å². The Bertz CT molecular complexity index is 479. The summed E-state index contributed by atoms with van der Waals surface area (Å²) in [5.41, 5.74) is 0.644. The van der Waals surface area contributed by atoms with E-state index in [2.05, 4.69) is 0 Å². The number of pyridine rings is 1. The Balaban J connectivity index is 2.55. The normalized spacial score (nSPS) is 14.7. The summed E-state index contributed by atoms with van der Waals surface area (Å²) in [5.74, 6) is -0.124. The van der Waals surface area contributed by atoms with Crippen LogP contribution in [0.1, 0.15) is 12.0 Å². The fraction of sp³-hybridized carbons (Fsp3) is 0.455. The summed E-state index contributed by atoms with van der Waals surface area (Å²) in [4.78, 5) is 24.3. The summed E-state index contributed by atoms with van der Waals surface area (Å²) in [6, 6.07) is 3.06. The van der Waals surface area contributed by atoms with Crippen molar-refractivity contribution in [3.63, 3.8) is 0 Å². The molecule has 1 aromatic heterocycles. The first-order valence-electron chi connectivity index (χ1n) is 5.25. The van der Waals surface area contributed by atoms with E-state index >= 15 is 0 Å². The third-order valence-corrected chi connectivity index (χ3v) is 2.81. The first-order chi connectivity index (χ1) is 7.59. The quantitative estimate of drug-likeness (QED) is 0.782. The smallest absolute Gasteiger partial charge is 0.307 e. The van der Waals surface area contributed by atoms with Gasteiger partial charge in [0.1, 0.15) is 5.82 Å². The van der Waals surface area contributed by atoms with Crippen LogP contribution in [0.5, 0.6) is 0 Å². The zero-order chi connectivity index (χ0) is 11.7. The van der Waals surface area contributed by atoms with Crippen LogP contribution in [-0.4, -0.2) is 29.2 Å². The van der Waals surface area contributed by atoms with E-state index in [1.165, 1.54) is 6.07 Å². The number of aliphatic carboxylic acids is 1. The first kappa shape index (κ1) is 10.7. The average Bonchev–Trinajstić information content (AvgIpc) is 2.22. The third-order valence-electron chi connectivity index (χ3n) is 2.81. The van der Waals surface area contributed by atoms with Crippen molar-refractivity contribution >= 4 is 11.8 Å². The Hall–Kier alpha value is -1.78. The Morgan fingerprint density at radius 2 is 2.19 bits per heavy atom. The molecule has 0 amide bonds. The number of carboxylic acid groups (broad SMARTS) is 1. The molecule has 0 fully saturated rings. The molecule has 0 radical (unpaired) electrons. The molecular weight excluding hydrogens is 208 g/mol. The van der Waals surface area contributed by atoms with Gasteiger partial charge in [-0.1, -0.05) is 0 Å². The summed E-state index contributed by atoms with van der Waals surface area (Å²) in [6.45, 7) is 1.53. The average molecular weight is 222 g/mol. The highest BCUT2D eigenvalue weighted by Crippen LogP contribution is 2.22. The van der Waals surface area contributed by atoms with Crippen LogP contribution in [0.3, 0.4) is 0 Å². The predicted molar refractivity (Wildman–Crippen MR) is 59.9 cm³/mol. The summed E-state index contributed by atoms with van der Waals surface area (Å²) >= 11 is 0. The number of nitrogens with zero attached hydrogens (tertiary/aromatic N) is 2. The zero-order valence-corrected chi connectivity index (χ0v) is 9.14. The number of aromatic nitrogens is 1. The van der Waals surface area contributed by atoms with Gasteiger partial charge in [0.05, 0.1) is 6.42 Å². The van der Waals surface area contributed by atoms with Crippen molar-refractivity contribution in [3.05, 3.63) is 28.0 Å². The monoisotopic (exact) mass is 222 g/mol. The van der Waals surface area contributed by atoms with Crippen LogP contribution in [0.4, 0.5) is 5.82 Å². The van der Waals surface area contributed by atoms with Crippen molar-refractivity contribution < 1.29 is 9.90 Å². The van der Waals surface area contributed by atoms with Gasteiger partial charge in [-0.25, -0.2) is 0 Å². The second-order valence-electron chi connectivity index (χ2n) is 4.02. The minimum absolute atomic E-state index is 0.0417. The predicted octanol–water partition coefficient (Wildman–Crippen LogP) is 0.315. The minimum Gasteiger partial charge on any atom is -0.481 e. The van der Waals surface area contributed by atoms with Crippen molar-refractivity contribution in [2.75, 3.05) is 18.5 Å². The summed E-state index contributed by atoms with van der Waals surface area (Å²) in [7, 11) is 1.88. The molecule has 1 N–H and O–H groups in total. The van der Waals surface area contributed by atoms with Gasteiger partial charge < -0.3 is 10.0 Å². The number of hydrogen-bond acceptors (Lipinski definition) is 3. The van der Waals surface area contributed by atoms with Gasteiger partial charge in [-0.2, -0.15) is 0 Å². The molecule has 5 heteroatoms. The van der Waals surface area contributed by atoms with Gasteiger partial charge in [0.15, 0.2) is 0 Å². The number of carboxylic acids is 1. The molecule has 0 unspecified atom stereocenters. The molecular formula is C11H14N2O3. The SMILES string of the molecule is CN1CCCn2c1c(CC(=O)O)ccc2=O. The molecule has 2 heterocycles. The standard InChI is InChI=1S/C11H14N2O3/c1-12-5-2-6-13-9(14)4-3-8(11(12)13)7-10(15)16/h3-4H,2,5-7H2,1H3,(H,15,16). The fourth-order valence-corrected chi connectivity index (χ4v) is 2.15. The zero-order valence-electron chi connectivity index (χ0n) is 9.14. The molecule has 5 nitrogen and oxygen atoms in total. The number of fused-ring (bicyclic) bond motifs is 1. The summed E-state index contributed by atoms with van der Waals surface area (Å²) < 4.78 is 1.65. The van der Waals surface area contributed by atoms with Crippen molar-refractivity contribution in [3.8, 4) is 0 Å². The lowest BCUT2D eigenvalue weighted by atomic mass is 10.1. The van der Waals surface area contributed by atoms with Gasteiger partial charge in [-0.3, -0.25) is 14.2 Å². The molecule has 0 bridgehead atoms. The Labute approximate surface area is 92.9 Å². The van der Waals surface area contributed by atoms with E-state index in [9.17, 15) is 9.59 Å². The topological polar surface area (TPSA) is 62.5 Å². The van der Waals surface area contributed by atoms with Gasteiger partial charge in [0.25, 0.3) is 5.56 Å². The van der Waals surface area contributed by atoms with Crippen molar-refractivity contribution in [2.24, 2.45) is 0 Å². The minimum atomic E-state index is -0.875. The highest BCUT2D eigenvalue weighted by molar-refractivity contribution is 5.72. The third kappa shape index (κ3) is 1.80. The lowest BCUT2D eigenvalue weighted by Gasteiger charge is -2.30. The fourth-order valence-electron chi connectivity index (χ4n) is 2.15. The van der Waals surface area contributed by atoms with Crippen LogP contribution >= 0.6 is 0 Å². The number of carbonyl (C=O) groups is 1. The summed E-state index contributed by atoms with van der Waals surface area (Å²) in [6.07, 6.45) is 0.875.